The summed E-state index contributed by atoms with van der Waals surface area (Å²) < 4.78 is 26.6. The molecular weight excluding hydrogens is 374 g/mol. The van der Waals surface area contributed by atoms with Crippen molar-refractivity contribution in [3.63, 3.8) is 0 Å². The molecule has 0 aliphatic carbocycles. The summed E-state index contributed by atoms with van der Waals surface area (Å²) in [7, 11) is 1.38. The summed E-state index contributed by atoms with van der Waals surface area (Å²) in [6.45, 7) is 1.27. The number of hydrogen-bond acceptors (Lipinski definition) is 4. The maximum absolute atomic E-state index is 12.7. The molecule has 0 heterocycles. The lowest BCUT2D eigenvalue weighted by atomic mass is 10.2. The largest absolute Gasteiger partial charge is 0.340 e. The van der Waals surface area contributed by atoms with E-state index in [2.05, 4.69) is 5.32 Å². The van der Waals surface area contributed by atoms with E-state index in [1.54, 1.807) is 48.3 Å². The molecular formula is C18H24ClN3O3S. The van der Waals surface area contributed by atoms with Crippen LogP contribution in [-0.2, 0) is 10.0 Å². The van der Waals surface area contributed by atoms with Crippen LogP contribution in [0, 0.1) is 0 Å². The fraction of sp³-hybridized carbons (Fsp3) is 0.278. The summed E-state index contributed by atoms with van der Waals surface area (Å²) in [5.74, 6) is -0.143. The third kappa shape index (κ3) is 4.97. The van der Waals surface area contributed by atoms with Crippen molar-refractivity contribution in [1.29, 1.82) is 0 Å². The SMILES string of the molecule is CNCCN(C)C(=O)c1ccc(S(=O)(=O)N(C)c2ccccc2)cc1.Cl. The summed E-state index contributed by atoms with van der Waals surface area (Å²) >= 11 is 0. The van der Waals surface area contributed by atoms with Crippen LogP contribution >= 0.6 is 12.4 Å². The van der Waals surface area contributed by atoms with Gasteiger partial charge in [0, 0.05) is 32.7 Å². The molecule has 0 unspecified atom stereocenters. The Morgan fingerprint density at radius 3 is 2.12 bits per heavy atom. The van der Waals surface area contributed by atoms with Gasteiger partial charge in [-0.3, -0.25) is 9.10 Å². The topological polar surface area (TPSA) is 69.7 Å². The fourth-order valence-corrected chi connectivity index (χ4v) is 3.50. The van der Waals surface area contributed by atoms with Gasteiger partial charge in [-0.1, -0.05) is 18.2 Å². The molecule has 0 atom stereocenters. The van der Waals surface area contributed by atoms with Crippen LogP contribution in [0.15, 0.2) is 59.5 Å². The van der Waals surface area contributed by atoms with Crippen LogP contribution in [0.3, 0.4) is 0 Å². The number of likely N-dealkylation sites (N-methyl/N-ethyl adjacent to an activating group) is 2. The number of nitrogens with zero attached hydrogens (tertiary/aromatic N) is 2. The Morgan fingerprint density at radius 2 is 1.58 bits per heavy atom. The van der Waals surface area contributed by atoms with Crippen LogP contribution in [0.5, 0.6) is 0 Å². The third-order valence-electron chi connectivity index (χ3n) is 3.92. The highest BCUT2D eigenvalue weighted by Crippen LogP contribution is 2.22. The van der Waals surface area contributed by atoms with Crippen LogP contribution in [0.4, 0.5) is 5.69 Å². The van der Waals surface area contributed by atoms with Gasteiger partial charge in [-0.25, -0.2) is 8.42 Å². The molecule has 142 valence electrons. The van der Waals surface area contributed by atoms with E-state index >= 15 is 0 Å². The number of amides is 1. The van der Waals surface area contributed by atoms with E-state index in [1.807, 2.05) is 13.1 Å². The minimum atomic E-state index is -3.67. The highest BCUT2D eigenvalue weighted by Gasteiger charge is 2.21. The highest BCUT2D eigenvalue weighted by molar-refractivity contribution is 7.92. The molecule has 1 amide bonds. The lowest BCUT2D eigenvalue weighted by molar-refractivity contribution is 0.0796. The molecule has 0 aliphatic heterocycles. The Kier molecular flexibility index (Phi) is 8.08. The zero-order chi connectivity index (χ0) is 18.4. The van der Waals surface area contributed by atoms with E-state index in [1.165, 1.54) is 23.5 Å². The highest BCUT2D eigenvalue weighted by atomic mass is 35.5. The molecule has 0 aliphatic rings. The first-order chi connectivity index (χ1) is 11.9. The predicted octanol–water partition coefficient (Wildman–Crippen LogP) is 2.22. The minimum Gasteiger partial charge on any atom is -0.340 e. The molecule has 0 spiro atoms. The second kappa shape index (κ2) is 9.56. The molecule has 2 rings (SSSR count). The molecule has 2 aromatic carbocycles. The first-order valence-electron chi connectivity index (χ1n) is 7.92. The summed E-state index contributed by atoms with van der Waals surface area (Å²) in [5.41, 5.74) is 1.04. The first kappa shape index (κ1) is 22.0. The minimum absolute atomic E-state index is 0. The van der Waals surface area contributed by atoms with Gasteiger partial charge in [0.15, 0.2) is 0 Å². The third-order valence-corrected chi connectivity index (χ3v) is 5.72. The van der Waals surface area contributed by atoms with Crippen LogP contribution in [0.1, 0.15) is 10.4 Å². The number of nitrogens with one attached hydrogen (secondary N) is 1. The molecule has 26 heavy (non-hydrogen) atoms. The van der Waals surface area contributed by atoms with Gasteiger partial charge in [-0.05, 0) is 43.4 Å². The zero-order valence-corrected chi connectivity index (χ0v) is 16.7. The molecule has 0 aromatic heterocycles. The second-order valence-corrected chi connectivity index (χ2v) is 7.63. The molecule has 6 nitrogen and oxygen atoms in total. The average Bonchev–Trinajstić information content (AvgIpc) is 2.65. The summed E-state index contributed by atoms with van der Waals surface area (Å²) in [5, 5.41) is 2.98. The number of hydrogen-bond donors (Lipinski definition) is 1. The Bertz CT molecular complexity index is 811. The maximum atomic E-state index is 12.7. The number of carbonyl (C=O) groups excluding carboxylic acids is 1. The number of sulfonamides is 1. The van der Waals surface area contributed by atoms with E-state index in [-0.39, 0.29) is 23.2 Å². The summed E-state index contributed by atoms with van der Waals surface area (Å²) in [6.07, 6.45) is 0. The molecule has 0 fully saturated rings. The van der Waals surface area contributed by atoms with Crippen molar-refractivity contribution in [2.75, 3.05) is 38.5 Å². The Balaban J connectivity index is 0.00000338. The lowest BCUT2D eigenvalue weighted by Gasteiger charge is -2.20. The van der Waals surface area contributed by atoms with E-state index in [4.69, 9.17) is 0 Å². The van der Waals surface area contributed by atoms with Gasteiger partial charge < -0.3 is 10.2 Å². The Hall–Kier alpha value is -2.09. The molecule has 2 aromatic rings. The number of halogens is 1. The number of anilines is 1. The summed E-state index contributed by atoms with van der Waals surface area (Å²) in [6, 6.07) is 14.9. The van der Waals surface area contributed by atoms with Crippen molar-refractivity contribution in [3.05, 3.63) is 60.2 Å². The van der Waals surface area contributed by atoms with Crippen molar-refractivity contribution in [2.45, 2.75) is 4.90 Å². The van der Waals surface area contributed by atoms with Crippen LogP contribution in [-0.4, -0.2) is 53.5 Å². The van der Waals surface area contributed by atoms with Gasteiger partial charge in [-0.2, -0.15) is 0 Å². The second-order valence-electron chi connectivity index (χ2n) is 5.66. The number of rotatable bonds is 7. The first-order valence-corrected chi connectivity index (χ1v) is 9.36. The van der Waals surface area contributed by atoms with E-state index < -0.39 is 10.0 Å². The Labute approximate surface area is 161 Å². The van der Waals surface area contributed by atoms with E-state index in [0.29, 0.717) is 24.3 Å². The van der Waals surface area contributed by atoms with Crippen molar-refractivity contribution in [3.8, 4) is 0 Å². The molecule has 1 N–H and O–H groups in total. The van der Waals surface area contributed by atoms with Gasteiger partial charge in [-0.15, -0.1) is 12.4 Å². The van der Waals surface area contributed by atoms with Crippen molar-refractivity contribution >= 4 is 34.0 Å². The average molecular weight is 398 g/mol. The van der Waals surface area contributed by atoms with Gasteiger partial charge in [0.1, 0.15) is 0 Å². The number of benzene rings is 2. The number of carbonyl (C=O) groups is 1. The van der Waals surface area contributed by atoms with Gasteiger partial charge in [0.2, 0.25) is 0 Å². The fourth-order valence-electron chi connectivity index (χ4n) is 2.31. The molecule has 0 radical (unpaired) electrons. The lowest BCUT2D eigenvalue weighted by Crippen LogP contribution is -2.32. The van der Waals surface area contributed by atoms with Crippen molar-refractivity contribution in [1.82, 2.24) is 10.2 Å². The Morgan fingerprint density at radius 1 is 1.00 bits per heavy atom. The molecule has 0 saturated carbocycles. The van der Waals surface area contributed by atoms with Crippen LogP contribution < -0.4 is 9.62 Å². The van der Waals surface area contributed by atoms with E-state index in [0.717, 1.165) is 0 Å². The summed E-state index contributed by atoms with van der Waals surface area (Å²) in [4.78, 5) is 14.0. The van der Waals surface area contributed by atoms with Gasteiger partial charge >= 0.3 is 0 Å². The van der Waals surface area contributed by atoms with E-state index in [9.17, 15) is 13.2 Å². The van der Waals surface area contributed by atoms with Crippen molar-refractivity contribution < 1.29 is 13.2 Å². The molecule has 0 bridgehead atoms. The van der Waals surface area contributed by atoms with Crippen LogP contribution in [0.2, 0.25) is 0 Å². The zero-order valence-electron chi connectivity index (χ0n) is 15.0. The van der Waals surface area contributed by atoms with Crippen LogP contribution in [0.25, 0.3) is 0 Å². The monoisotopic (exact) mass is 397 g/mol. The van der Waals surface area contributed by atoms with Gasteiger partial charge in [0.05, 0.1) is 10.6 Å². The molecule has 0 saturated heterocycles. The van der Waals surface area contributed by atoms with Crippen molar-refractivity contribution in [2.24, 2.45) is 0 Å². The predicted molar refractivity (Wildman–Crippen MR) is 107 cm³/mol. The maximum Gasteiger partial charge on any atom is 0.264 e. The smallest absolute Gasteiger partial charge is 0.264 e. The quantitative estimate of drug-likeness (QED) is 0.777. The number of para-hydroxylation sites is 1. The standard InChI is InChI=1S/C18H23N3O3S.ClH/c1-19-13-14-20(2)18(22)15-9-11-17(12-10-15)25(23,24)21(3)16-7-5-4-6-8-16;/h4-12,19H,13-14H2,1-3H3;1H. The van der Waals surface area contributed by atoms with Gasteiger partial charge in [0.25, 0.3) is 15.9 Å². The normalized spacial score (nSPS) is 10.7. The molecule has 8 heteroatoms.